The smallest absolute Gasteiger partial charge is 0.335 e. The second kappa shape index (κ2) is 6.76. The van der Waals surface area contributed by atoms with E-state index in [-0.39, 0.29) is 18.8 Å². The zero-order chi connectivity index (χ0) is 15.2. The van der Waals surface area contributed by atoms with Gasteiger partial charge in [-0.15, -0.1) is 0 Å². The molecule has 0 aliphatic rings. The molecule has 0 saturated heterocycles. The maximum atomic E-state index is 10.8. The van der Waals surface area contributed by atoms with Crippen molar-refractivity contribution in [3.05, 3.63) is 59.2 Å². The predicted molar refractivity (Wildman–Crippen MR) is 76.7 cm³/mol. The van der Waals surface area contributed by atoms with Crippen molar-refractivity contribution in [3.63, 3.8) is 0 Å². The van der Waals surface area contributed by atoms with E-state index >= 15 is 0 Å². The third kappa shape index (κ3) is 3.73. The molecule has 2 aromatic carbocycles. The number of aliphatic hydroxyl groups is 1. The number of aliphatic hydroxyl groups excluding tert-OH is 1. The van der Waals surface area contributed by atoms with Crippen LogP contribution < -0.4 is 9.47 Å². The van der Waals surface area contributed by atoms with E-state index in [1.165, 1.54) is 12.1 Å². The van der Waals surface area contributed by atoms with E-state index in [1.807, 2.05) is 0 Å². The summed E-state index contributed by atoms with van der Waals surface area (Å²) in [6.45, 7) is 0.150. The molecule has 0 spiro atoms. The molecule has 2 N–H and O–H groups in total. The fourth-order valence-corrected chi connectivity index (χ4v) is 1.83. The summed E-state index contributed by atoms with van der Waals surface area (Å²) in [5.41, 5.74) is 1.74. The van der Waals surface area contributed by atoms with Crippen molar-refractivity contribution < 1.29 is 24.5 Å². The molecule has 110 valence electrons. The lowest BCUT2D eigenvalue weighted by molar-refractivity contribution is 0.0697. The Morgan fingerprint density at radius 2 is 1.86 bits per heavy atom. The number of carbonyl (C=O) groups is 1. The Kier molecular flexibility index (Phi) is 4.79. The van der Waals surface area contributed by atoms with Crippen LogP contribution >= 0.6 is 0 Å². The summed E-state index contributed by atoms with van der Waals surface area (Å²) in [6, 6.07) is 11.6. The minimum absolute atomic E-state index is 0.128. The van der Waals surface area contributed by atoms with Crippen molar-refractivity contribution >= 4 is 5.97 Å². The van der Waals surface area contributed by atoms with Gasteiger partial charge < -0.3 is 19.7 Å². The zero-order valence-electron chi connectivity index (χ0n) is 11.6. The minimum atomic E-state index is -0.960. The Bertz CT molecular complexity index is 619. The Labute approximate surface area is 122 Å². The van der Waals surface area contributed by atoms with E-state index in [0.717, 1.165) is 5.56 Å². The maximum absolute atomic E-state index is 10.8. The highest BCUT2D eigenvalue weighted by Crippen LogP contribution is 2.25. The average molecular weight is 288 g/mol. The first-order chi connectivity index (χ1) is 10.1. The Morgan fingerprint density at radius 3 is 2.43 bits per heavy atom. The van der Waals surface area contributed by atoms with Crippen LogP contribution in [0.3, 0.4) is 0 Å². The highest BCUT2D eigenvalue weighted by molar-refractivity contribution is 5.87. The van der Waals surface area contributed by atoms with Gasteiger partial charge in [-0.1, -0.05) is 12.1 Å². The molecule has 0 aromatic heterocycles. The highest BCUT2D eigenvalue weighted by atomic mass is 16.5. The lowest BCUT2D eigenvalue weighted by atomic mass is 10.1. The monoisotopic (exact) mass is 288 g/mol. The second-order valence-electron chi connectivity index (χ2n) is 4.42. The number of aromatic carboxylic acids is 1. The minimum Gasteiger partial charge on any atom is -0.497 e. The van der Waals surface area contributed by atoms with Crippen molar-refractivity contribution in [2.75, 3.05) is 7.11 Å². The molecule has 0 unspecified atom stereocenters. The van der Waals surface area contributed by atoms with Crippen molar-refractivity contribution in [1.29, 1.82) is 0 Å². The molecule has 0 radical (unpaired) electrons. The first-order valence-electron chi connectivity index (χ1n) is 6.37. The van der Waals surface area contributed by atoms with Gasteiger partial charge in [-0.05, 0) is 29.8 Å². The molecule has 2 rings (SSSR count). The molecular formula is C16H16O5. The van der Waals surface area contributed by atoms with Gasteiger partial charge in [0.1, 0.15) is 18.1 Å². The van der Waals surface area contributed by atoms with Crippen LogP contribution in [0, 0.1) is 0 Å². The van der Waals surface area contributed by atoms with Crippen LogP contribution in [0.2, 0.25) is 0 Å². The molecule has 5 heteroatoms. The number of hydrogen-bond donors (Lipinski definition) is 2. The van der Waals surface area contributed by atoms with Crippen molar-refractivity contribution in [3.8, 4) is 11.5 Å². The quantitative estimate of drug-likeness (QED) is 0.854. The summed E-state index contributed by atoms with van der Waals surface area (Å²) in [5.74, 6) is 0.223. The number of benzene rings is 2. The SMILES string of the molecule is COc1ccc(CO)c(OCc2ccc(C(=O)O)cc2)c1. The third-order valence-electron chi connectivity index (χ3n) is 3.04. The molecule has 0 atom stereocenters. The predicted octanol–water partition coefficient (Wildman–Crippen LogP) is 2.46. The van der Waals surface area contributed by atoms with Crippen LogP contribution in [-0.4, -0.2) is 23.3 Å². The Hall–Kier alpha value is -2.53. The van der Waals surface area contributed by atoms with Gasteiger partial charge in [-0.25, -0.2) is 4.79 Å². The molecule has 0 fully saturated rings. The largest absolute Gasteiger partial charge is 0.497 e. The van der Waals surface area contributed by atoms with Crippen LogP contribution in [0.1, 0.15) is 21.5 Å². The molecule has 5 nitrogen and oxygen atoms in total. The van der Waals surface area contributed by atoms with E-state index < -0.39 is 5.97 Å². The number of ether oxygens (including phenoxy) is 2. The summed E-state index contributed by atoms with van der Waals surface area (Å²) in [7, 11) is 1.56. The fourth-order valence-electron chi connectivity index (χ4n) is 1.83. The number of carboxylic acids is 1. The standard InChI is InChI=1S/C16H16O5/c1-20-14-7-6-13(9-17)15(8-14)21-10-11-2-4-12(5-3-11)16(18)19/h2-8,17H,9-10H2,1H3,(H,18,19). The topological polar surface area (TPSA) is 76.0 Å². The summed E-state index contributed by atoms with van der Waals surface area (Å²) in [6.07, 6.45) is 0. The Morgan fingerprint density at radius 1 is 1.14 bits per heavy atom. The van der Waals surface area contributed by atoms with E-state index in [0.29, 0.717) is 17.1 Å². The Balaban J connectivity index is 2.10. The normalized spacial score (nSPS) is 10.2. The molecule has 0 aliphatic carbocycles. The van der Waals surface area contributed by atoms with E-state index in [2.05, 4.69) is 0 Å². The lowest BCUT2D eigenvalue weighted by Crippen LogP contribution is -2.01. The summed E-state index contributed by atoms with van der Waals surface area (Å²) >= 11 is 0. The van der Waals surface area contributed by atoms with Crippen molar-refractivity contribution in [1.82, 2.24) is 0 Å². The van der Waals surface area contributed by atoms with Crippen LogP contribution in [0.4, 0.5) is 0 Å². The van der Waals surface area contributed by atoms with Crippen molar-refractivity contribution in [2.45, 2.75) is 13.2 Å². The van der Waals surface area contributed by atoms with Gasteiger partial charge in [-0.2, -0.15) is 0 Å². The van der Waals surface area contributed by atoms with Gasteiger partial charge >= 0.3 is 5.97 Å². The lowest BCUT2D eigenvalue weighted by Gasteiger charge is -2.12. The molecule has 0 bridgehead atoms. The number of carboxylic acid groups (broad SMARTS) is 1. The van der Waals surface area contributed by atoms with E-state index in [9.17, 15) is 9.90 Å². The number of rotatable bonds is 6. The first-order valence-corrected chi connectivity index (χ1v) is 6.37. The number of hydrogen-bond acceptors (Lipinski definition) is 4. The molecule has 0 amide bonds. The first kappa shape index (κ1) is 14.9. The molecule has 0 aliphatic heterocycles. The third-order valence-corrected chi connectivity index (χ3v) is 3.04. The maximum Gasteiger partial charge on any atom is 0.335 e. The zero-order valence-corrected chi connectivity index (χ0v) is 11.6. The van der Waals surface area contributed by atoms with E-state index in [1.54, 1.807) is 37.4 Å². The summed E-state index contributed by atoms with van der Waals surface area (Å²) in [5, 5.41) is 18.1. The van der Waals surface area contributed by atoms with Gasteiger partial charge in [-0.3, -0.25) is 0 Å². The van der Waals surface area contributed by atoms with Crippen LogP contribution in [0.25, 0.3) is 0 Å². The van der Waals surface area contributed by atoms with Gasteiger partial charge in [0.2, 0.25) is 0 Å². The second-order valence-corrected chi connectivity index (χ2v) is 4.42. The molecule has 0 heterocycles. The fraction of sp³-hybridized carbons (Fsp3) is 0.188. The van der Waals surface area contributed by atoms with Crippen LogP contribution in [0.15, 0.2) is 42.5 Å². The molecule has 2 aromatic rings. The van der Waals surface area contributed by atoms with E-state index in [4.69, 9.17) is 14.6 Å². The van der Waals surface area contributed by atoms with Gasteiger partial charge in [0.15, 0.2) is 0 Å². The van der Waals surface area contributed by atoms with Gasteiger partial charge in [0.05, 0.1) is 19.3 Å². The summed E-state index contributed by atoms with van der Waals surface area (Å²) < 4.78 is 10.8. The van der Waals surface area contributed by atoms with Crippen LogP contribution in [0.5, 0.6) is 11.5 Å². The number of methoxy groups -OCH3 is 1. The average Bonchev–Trinajstić information content (AvgIpc) is 2.52. The van der Waals surface area contributed by atoms with Crippen LogP contribution in [-0.2, 0) is 13.2 Å². The molecule has 0 saturated carbocycles. The van der Waals surface area contributed by atoms with Crippen molar-refractivity contribution in [2.24, 2.45) is 0 Å². The highest BCUT2D eigenvalue weighted by Gasteiger charge is 2.06. The molecule has 21 heavy (non-hydrogen) atoms. The van der Waals surface area contributed by atoms with Gasteiger partial charge in [0.25, 0.3) is 0 Å². The molecular weight excluding hydrogens is 272 g/mol. The van der Waals surface area contributed by atoms with Gasteiger partial charge in [0, 0.05) is 11.6 Å². The summed E-state index contributed by atoms with van der Waals surface area (Å²) in [4.78, 5) is 10.8.